The van der Waals surface area contributed by atoms with Crippen LogP contribution in [0.4, 0.5) is 5.13 Å². The Kier molecular flexibility index (Phi) is 10.2. The maximum atomic E-state index is 13.8. The molecule has 2 aliphatic heterocycles. The van der Waals surface area contributed by atoms with E-state index in [1.54, 1.807) is 36.4 Å². The first-order valence-corrected chi connectivity index (χ1v) is 17.4. The van der Waals surface area contributed by atoms with Gasteiger partial charge in [-0.25, -0.2) is 0 Å². The van der Waals surface area contributed by atoms with E-state index in [4.69, 9.17) is 30.5 Å². The summed E-state index contributed by atoms with van der Waals surface area (Å²) in [5.41, 5.74) is 1.78. The van der Waals surface area contributed by atoms with Gasteiger partial charge in [0, 0.05) is 16.3 Å². The smallest absolute Gasteiger partial charge is 0.301 e. The van der Waals surface area contributed by atoms with Gasteiger partial charge >= 0.3 is 5.91 Å². The van der Waals surface area contributed by atoms with Crippen molar-refractivity contribution in [2.45, 2.75) is 42.8 Å². The van der Waals surface area contributed by atoms with Gasteiger partial charge in [0.25, 0.3) is 5.78 Å². The van der Waals surface area contributed by atoms with E-state index in [0.29, 0.717) is 75.7 Å². The second-order valence-electron chi connectivity index (χ2n) is 10.6. The molecule has 10 nitrogen and oxygen atoms in total. The molecular formula is C34H32ClN3O7S2. The number of carbonyl (C=O) groups excluding carboxylic acids is 2. The number of hydrogen-bond donors (Lipinski definition) is 1. The Morgan fingerprint density at radius 1 is 1.00 bits per heavy atom. The fourth-order valence-electron chi connectivity index (χ4n) is 5.18. The van der Waals surface area contributed by atoms with Crippen LogP contribution in [0.3, 0.4) is 0 Å². The van der Waals surface area contributed by atoms with Crippen molar-refractivity contribution in [1.29, 1.82) is 0 Å². The van der Waals surface area contributed by atoms with Gasteiger partial charge in [0.2, 0.25) is 5.13 Å². The summed E-state index contributed by atoms with van der Waals surface area (Å²) in [5, 5.41) is 21.2. The molecule has 3 aromatic carbocycles. The predicted molar refractivity (Wildman–Crippen MR) is 181 cm³/mol. The molecule has 0 unspecified atom stereocenters. The molecule has 47 heavy (non-hydrogen) atoms. The summed E-state index contributed by atoms with van der Waals surface area (Å²) in [6, 6.07) is 16.6. The summed E-state index contributed by atoms with van der Waals surface area (Å²) < 4.78 is 23.9. The van der Waals surface area contributed by atoms with Crippen LogP contribution in [0.2, 0.25) is 5.02 Å². The molecule has 0 bridgehead atoms. The minimum Gasteiger partial charge on any atom is -0.507 e. The first-order chi connectivity index (χ1) is 22.9. The minimum atomic E-state index is -1.03. The van der Waals surface area contributed by atoms with E-state index in [2.05, 4.69) is 17.1 Å². The lowest BCUT2D eigenvalue weighted by Gasteiger charge is -2.24. The van der Waals surface area contributed by atoms with Crippen molar-refractivity contribution in [3.8, 4) is 23.0 Å². The Morgan fingerprint density at radius 2 is 1.79 bits per heavy atom. The third-order valence-corrected chi connectivity index (χ3v) is 9.86. The first kappa shape index (κ1) is 32.7. The number of unbranched alkanes of at least 4 members (excludes halogenated alkanes) is 1. The molecule has 1 N–H and O–H groups in total. The third kappa shape index (κ3) is 7.04. The standard InChI is InChI=1S/C34H32ClN3O7S2/c1-3-5-14-43-24-12-8-21(17-26(24)42-4-2)29-28(30(39)22-9-13-25-27(18-22)45-16-15-44-25)31(40)32(41)38(29)33-36-37-34(47-33)46-19-20-6-10-23(35)11-7-20/h6-13,17-18,29,39H,3-5,14-16,19H2,1-2H3/t29-/m0/s1. The number of amides is 1. The fraction of sp³-hybridized carbons (Fsp3) is 0.294. The summed E-state index contributed by atoms with van der Waals surface area (Å²) in [5.74, 6) is 0.542. The van der Waals surface area contributed by atoms with Gasteiger partial charge < -0.3 is 24.1 Å². The molecule has 1 amide bonds. The maximum absolute atomic E-state index is 13.8. The Hall–Kier alpha value is -4.26. The average molecular weight is 694 g/mol. The molecule has 244 valence electrons. The zero-order chi connectivity index (χ0) is 32.9. The molecule has 2 aliphatic rings. The van der Waals surface area contributed by atoms with Crippen molar-refractivity contribution in [1.82, 2.24) is 10.2 Å². The van der Waals surface area contributed by atoms with E-state index < -0.39 is 17.7 Å². The fourth-order valence-corrected chi connectivity index (χ4v) is 7.13. The Bertz CT molecular complexity index is 1810. The molecule has 0 spiro atoms. The second kappa shape index (κ2) is 14.7. The highest BCUT2D eigenvalue weighted by molar-refractivity contribution is 8.00. The summed E-state index contributed by atoms with van der Waals surface area (Å²) in [4.78, 5) is 28.9. The lowest BCUT2D eigenvalue weighted by atomic mass is 9.95. The number of fused-ring (bicyclic) bond motifs is 1. The second-order valence-corrected chi connectivity index (χ2v) is 13.2. The Morgan fingerprint density at radius 3 is 2.55 bits per heavy atom. The number of aromatic nitrogens is 2. The topological polar surface area (TPSA) is 120 Å². The van der Waals surface area contributed by atoms with Gasteiger partial charge in [-0.15, -0.1) is 10.2 Å². The molecule has 4 aromatic rings. The molecule has 1 fully saturated rings. The summed E-state index contributed by atoms with van der Waals surface area (Å²) in [6.07, 6.45) is 1.84. The minimum absolute atomic E-state index is 0.0978. The number of nitrogens with zero attached hydrogens (tertiary/aromatic N) is 3. The van der Waals surface area contributed by atoms with Crippen molar-refractivity contribution in [3.63, 3.8) is 0 Å². The van der Waals surface area contributed by atoms with Crippen LogP contribution in [0, 0.1) is 0 Å². The molecule has 1 aromatic heterocycles. The Balaban J connectivity index is 1.41. The highest BCUT2D eigenvalue weighted by Crippen LogP contribution is 2.46. The first-order valence-electron chi connectivity index (χ1n) is 15.2. The van der Waals surface area contributed by atoms with Gasteiger partial charge in [-0.2, -0.15) is 0 Å². The maximum Gasteiger partial charge on any atom is 0.301 e. The summed E-state index contributed by atoms with van der Waals surface area (Å²) in [6.45, 7) is 5.58. The van der Waals surface area contributed by atoms with Crippen LogP contribution < -0.4 is 23.8 Å². The molecule has 13 heteroatoms. The number of thioether (sulfide) groups is 1. The van der Waals surface area contributed by atoms with Gasteiger partial charge in [-0.3, -0.25) is 14.5 Å². The summed E-state index contributed by atoms with van der Waals surface area (Å²) in [7, 11) is 0. The monoisotopic (exact) mass is 693 g/mol. The van der Waals surface area contributed by atoms with E-state index >= 15 is 0 Å². The van der Waals surface area contributed by atoms with E-state index in [9.17, 15) is 14.7 Å². The van der Waals surface area contributed by atoms with Crippen molar-refractivity contribution in [2.75, 3.05) is 31.3 Å². The normalized spacial score (nSPS) is 16.8. The number of rotatable bonds is 12. The van der Waals surface area contributed by atoms with Crippen LogP contribution in [-0.4, -0.2) is 53.4 Å². The van der Waals surface area contributed by atoms with Crippen molar-refractivity contribution in [2.24, 2.45) is 0 Å². The number of benzene rings is 3. The van der Waals surface area contributed by atoms with Gasteiger partial charge in [0.1, 0.15) is 19.0 Å². The molecule has 1 saturated heterocycles. The van der Waals surface area contributed by atoms with Crippen LogP contribution in [0.15, 0.2) is 70.6 Å². The van der Waals surface area contributed by atoms with E-state index in [1.807, 2.05) is 31.2 Å². The highest BCUT2D eigenvalue weighted by atomic mass is 35.5. The highest BCUT2D eigenvalue weighted by Gasteiger charge is 2.48. The van der Waals surface area contributed by atoms with Crippen LogP contribution in [-0.2, 0) is 15.3 Å². The van der Waals surface area contributed by atoms with E-state index in [-0.39, 0.29) is 16.5 Å². The quantitative estimate of drug-likeness (QED) is 0.0400. The number of Topliss-reactive ketones (excluding diaryl/α,β-unsaturated/α-hetero) is 1. The zero-order valence-corrected chi connectivity index (χ0v) is 28.1. The number of ether oxygens (including phenoxy) is 4. The number of hydrogen-bond acceptors (Lipinski definition) is 11. The van der Waals surface area contributed by atoms with Crippen LogP contribution in [0.25, 0.3) is 5.76 Å². The largest absolute Gasteiger partial charge is 0.507 e. The number of aliphatic hydroxyl groups excluding tert-OH is 1. The van der Waals surface area contributed by atoms with Crippen LogP contribution in [0.5, 0.6) is 23.0 Å². The van der Waals surface area contributed by atoms with Crippen molar-refractivity contribution < 1.29 is 33.6 Å². The SMILES string of the molecule is CCCCOc1ccc([C@H]2C(=C(O)c3ccc4c(c3)OCCO4)C(=O)C(=O)N2c2nnc(SCc3ccc(Cl)cc3)s2)cc1OCC. The van der Waals surface area contributed by atoms with E-state index in [1.165, 1.54) is 28.0 Å². The van der Waals surface area contributed by atoms with Gasteiger partial charge in [0.15, 0.2) is 27.3 Å². The number of ketones is 1. The lowest BCUT2D eigenvalue weighted by Crippen LogP contribution is -2.29. The van der Waals surface area contributed by atoms with Crippen LogP contribution >= 0.6 is 34.7 Å². The third-order valence-electron chi connectivity index (χ3n) is 7.48. The molecule has 6 rings (SSSR count). The van der Waals surface area contributed by atoms with E-state index in [0.717, 1.165) is 18.4 Å². The average Bonchev–Trinajstić information content (AvgIpc) is 3.66. The molecule has 0 radical (unpaired) electrons. The zero-order valence-electron chi connectivity index (χ0n) is 25.7. The van der Waals surface area contributed by atoms with Crippen molar-refractivity contribution in [3.05, 3.63) is 87.9 Å². The number of carbonyl (C=O) groups is 2. The molecule has 0 saturated carbocycles. The van der Waals surface area contributed by atoms with Gasteiger partial charge in [0.05, 0.1) is 24.8 Å². The van der Waals surface area contributed by atoms with Crippen molar-refractivity contribution >= 4 is 57.3 Å². The molecule has 0 aliphatic carbocycles. The molecular weight excluding hydrogens is 662 g/mol. The summed E-state index contributed by atoms with van der Waals surface area (Å²) >= 11 is 8.66. The molecule has 3 heterocycles. The Labute approximate surface area is 285 Å². The number of aliphatic hydroxyl groups is 1. The lowest BCUT2D eigenvalue weighted by molar-refractivity contribution is -0.132. The molecule has 1 atom stereocenters. The number of anilines is 1. The number of halogens is 1. The van der Waals surface area contributed by atoms with Gasteiger partial charge in [-0.1, -0.05) is 66.2 Å². The predicted octanol–water partition coefficient (Wildman–Crippen LogP) is 7.46. The van der Waals surface area contributed by atoms with Gasteiger partial charge in [-0.05, 0) is 66.9 Å². The van der Waals surface area contributed by atoms with Crippen LogP contribution in [0.1, 0.15) is 49.4 Å².